The second-order valence-electron chi connectivity index (χ2n) is 17.8. The quantitative estimate of drug-likeness (QED) is 0.0540. The van der Waals surface area contributed by atoms with E-state index < -0.39 is 77.0 Å². The molecule has 0 aromatic carbocycles. The monoisotopic (exact) mass is 1090 g/mol. The molecule has 74 heavy (non-hydrogen) atoms. The van der Waals surface area contributed by atoms with E-state index in [0.717, 1.165) is 17.4 Å². The van der Waals surface area contributed by atoms with Gasteiger partial charge in [-0.1, -0.05) is 44.4 Å². The number of phosphoric ester groups is 2. The van der Waals surface area contributed by atoms with Crippen LogP contribution in [0.15, 0.2) is 46.2 Å². The van der Waals surface area contributed by atoms with Crippen molar-refractivity contribution in [1.82, 2.24) is 40.1 Å². The number of carbonyl (C=O) groups excluding carboxylic acids is 2. The van der Waals surface area contributed by atoms with Crippen molar-refractivity contribution in [2.24, 2.45) is 0 Å². The molecule has 8 atom stereocenters. The molecule has 3 aliphatic heterocycles. The lowest BCUT2D eigenvalue weighted by Crippen LogP contribution is -2.42. The van der Waals surface area contributed by atoms with Crippen LogP contribution in [0.25, 0.3) is 0 Å². The summed E-state index contributed by atoms with van der Waals surface area (Å²) in [7, 11) is -10.2. The molecule has 4 unspecified atom stereocenters. The van der Waals surface area contributed by atoms with Crippen LogP contribution in [-0.4, -0.2) is 156 Å². The highest BCUT2D eigenvalue weighted by molar-refractivity contribution is 7.46. The Morgan fingerprint density at radius 1 is 0.838 bits per heavy atom. The summed E-state index contributed by atoms with van der Waals surface area (Å²) in [4.78, 5) is 78.2. The molecule has 2 aromatic rings. The van der Waals surface area contributed by atoms with Crippen LogP contribution >= 0.6 is 15.6 Å². The number of unbranched alkanes of at least 4 members (excludes halogenated alkanes) is 5. The van der Waals surface area contributed by atoms with Gasteiger partial charge in [0.15, 0.2) is 0 Å². The summed E-state index contributed by atoms with van der Waals surface area (Å²) in [6.45, 7) is 11.5. The van der Waals surface area contributed by atoms with Gasteiger partial charge in [-0.3, -0.25) is 33.1 Å². The van der Waals surface area contributed by atoms with Gasteiger partial charge in [-0.2, -0.15) is 0 Å². The minimum atomic E-state index is -5.26. The third-order valence-corrected chi connectivity index (χ3v) is 13.7. The van der Waals surface area contributed by atoms with Crippen LogP contribution in [0, 0.1) is 6.92 Å². The van der Waals surface area contributed by atoms with E-state index in [1.165, 1.54) is 43.5 Å². The molecule has 418 valence electrons. The van der Waals surface area contributed by atoms with Crippen molar-refractivity contribution in [3.63, 3.8) is 0 Å². The molecule has 2 saturated heterocycles. The molecule has 3 aliphatic rings. The van der Waals surface area contributed by atoms with Crippen molar-refractivity contribution < 1.29 is 80.1 Å². The van der Waals surface area contributed by atoms with Crippen LogP contribution in [0.4, 0.5) is 0 Å². The summed E-state index contributed by atoms with van der Waals surface area (Å²) >= 11 is 0. The third kappa shape index (κ3) is 21.2. The summed E-state index contributed by atoms with van der Waals surface area (Å²) in [6.07, 6.45) is 4.22. The van der Waals surface area contributed by atoms with Crippen LogP contribution < -0.4 is 31.7 Å². The summed E-state index contributed by atoms with van der Waals surface area (Å²) in [5, 5.41) is 24.4. The molecule has 0 aliphatic carbocycles. The zero-order valence-electron chi connectivity index (χ0n) is 42.3. The number of nitrogens with zero attached hydrogens (tertiary/aromatic N) is 5. The number of aromatic nitrogens is 5. The van der Waals surface area contributed by atoms with Crippen LogP contribution in [0.5, 0.6) is 0 Å². The predicted octanol–water partition coefficient (Wildman–Crippen LogP) is 0.945. The molecule has 5 rings (SSSR count). The first kappa shape index (κ1) is 60.8. The Bertz CT molecular complexity index is 2330. The van der Waals surface area contributed by atoms with Crippen molar-refractivity contribution in [2.45, 2.75) is 135 Å². The number of aryl methyl sites for hydroxylation is 2. The number of amides is 2. The highest BCUT2D eigenvalue weighted by Gasteiger charge is 2.43. The Morgan fingerprint density at radius 2 is 1.50 bits per heavy atom. The molecular formula is C45H72N8O19P2-2. The van der Waals surface area contributed by atoms with Gasteiger partial charge in [0, 0.05) is 55.5 Å². The highest BCUT2D eigenvalue weighted by Crippen LogP contribution is 2.47. The van der Waals surface area contributed by atoms with E-state index in [1.807, 2.05) is 0 Å². The van der Waals surface area contributed by atoms with Gasteiger partial charge in [-0.15, -0.1) is 5.10 Å². The van der Waals surface area contributed by atoms with E-state index in [1.54, 1.807) is 17.8 Å². The Morgan fingerprint density at radius 3 is 2.23 bits per heavy atom. The van der Waals surface area contributed by atoms with Gasteiger partial charge in [0.2, 0.25) is 5.91 Å². The Labute approximate surface area is 429 Å². The van der Waals surface area contributed by atoms with Gasteiger partial charge < -0.3 is 76.9 Å². The SMILES string of the molecule is C=C1NC(=O)C(C)=CN1[C@H]1CC(O)[C@@H](COP(=O)([O-])OC2C[C@H](n3cc(C)c(=O)[nH]c3=O)O[C@@H]2COP(=O)([O-])OCCCCc2cn(CCOCCOCCOCCOCCC(=O)NCCCCCCC)nn2)O1. The Balaban J connectivity index is 0.939. The second kappa shape index (κ2) is 31.3. The summed E-state index contributed by atoms with van der Waals surface area (Å²) in [5.74, 6) is -0.166. The zero-order valence-corrected chi connectivity index (χ0v) is 44.1. The molecule has 0 saturated carbocycles. The zero-order chi connectivity index (χ0) is 53.5. The number of ether oxygens (including phenoxy) is 6. The van der Waals surface area contributed by atoms with Crippen molar-refractivity contribution in [1.29, 1.82) is 0 Å². The average molecular weight is 1090 g/mol. The standard InChI is InChI=1S/C45H74N8O19P2/c1-5-6-7-8-10-14-46-40(55)13-17-63-19-21-65-23-24-66-22-20-64-18-15-51-29-35(49-50-51)12-9-11-16-67-73(59,60)68-31-39-37(26-42(71-39)53-28-33(3)44(57)48-45(53)58)72-74(61,62)69-30-38-36(54)25-41(70-38)52-27-32(2)43(56)47-34(52)4/h27-29,36-39,41-42,54H,4-26,30-31H2,1-3H3,(H,46,55)(H,47,56)(H,59,60)(H,61,62)(H,48,57,58)/p-2/t36?,37?,38-,39-,41-,42-/m1/s1. The summed E-state index contributed by atoms with van der Waals surface area (Å²) < 4.78 is 83.0. The number of aromatic amines is 1. The summed E-state index contributed by atoms with van der Waals surface area (Å²) in [6, 6.07) is 0. The molecule has 4 N–H and O–H groups in total. The van der Waals surface area contributed by atoms with Gasteiger partial charge in [-0.25, -0.2) is 9.48 Å². The molecule has 0 radical (unpaired) electrons. The molecule has 0 spiro atoms. The maximum atomic E-state index is 13.2. The fraction of sp³-hybridized carbons (Fsp3) is 0.733. The fourth-order valence-electron chi connectivity index (χ4n) is 7.70. The lowest BCUT2D eigenvalue weighted by Gasteiger charge is -2.33. The van der Waals surface area contributed by atoms with Gasteiger partial charge in [0.05, 0.1) is 97.1 Å². The van der Waals surface area contributed by atoms with E-state index in [-0.39, 0.29) is 42.6 Å². The third-order valence-electron chi connectivity index (χ3n) is 11.8. The van der Waals surface area contributed by atoms with E-state index >= 15 is 0 Å². The molecule has 2 aromatic heterocycles. The van der Waals surface area contributed by atoms with E-state index in [0.29, 0.717) is 103 Å². The first-order valence-corrected chi connectivity index (χ1v) is 27.8. The number of phosphoric acid groups is 2. The first-order chi connectivity index (χ1) is 35.4. The molecule has 0 bridgehead atoms. The van der Waals surface area contributed by atoms with Crippen LogP contribution in [0.1, 0.15) is 95.5 Å². The molecule has 27 nitrogen and oxygen atoms in total. The highest BCUT2D eigenvalue weighted by atomic mass is 31.2. The van der Waals surface area contributed by atoms with Gasteiger partial charge >= 0.3 is 5.69 Å². The normalized spacial score (nSPS) is 22.7. The molecule has 5 heterocycles. The average Bonchev–Trinajstić information content (AvgIpc) is 4.08. The van der Waals surface area contributed by atoms with E-state index in [9.17, 15) is 43.2 Å². The van der Waals surface area contributed by atoms with E-state index in [4.69, 9.17) is 46.5 Å². The number of hydrogen-bond acceptors (Lipinski definition) is 22. The lowest BCUT2D eigenvalue weighted by molar-refractivity contribution is -0.236. The number of H-pyrrole nitrogens is 1. The maximum Gasteiger partial charge on any atom is 0.330 e. The topological polar surface area (TPSA) is 340 Å². The van der Waals surface area contributed by atoms with Crippen molar-refractivity contribution in [3.8, 4) is 0 Å². The van der Waals surface area contributed by atoms with Gasteiger partial charge in [0.25, 0.3) is 27.1 Å². The molecule has 2 amide bonds. The van der Waals surface area contributed by atoms with Crippen molar-refractivity contribution in [2.75, 3.05) is 79.2 Å². The minimum absolute atomic E-state index is 0.00136. The number of aliphatic hydroxyl groups is 1. The fourth-order valence-corrected chi connectivity index (χ4v) is 9.40. The number of rotatable bonds is 37. The maximum absolute atomic E-state index is 13.2. The van der Waals surface area contributed by atoms with Gasteiger partial charge in [0.1, 0.15) is 30.5 Å². The number of carbonyl (C=O) groups is 2. The number of hydrogen-bond donors (Lipinski definition) is 4. The summed E-state index contributed by atoms with van der Waals surface area (Å²) in [5.41, 5.74) is -0.362. The Kier molecular flexibility index (Phi) is 25.7. The largest absolute Gasteiger partial charge is 0.756 e. The molecule has 2 fully saturated rings. The van der Waals surface area contributed by atoms with Crippen molar-refractivity contribution in [3.05, 3.63) is 68.7 Å². The first-order valence-electron chi connectivity index (χ1n) is 24.9. The molecular weight excluding hydrogens is 1020 g/mol. The van der Waals surface area contributed by atoms with Gasteiger partial charge in [-0.05, 0) is 39.5 Å². The molecule has 29 heteroatoms. The minimum Gasteiger partial charge on any atom is -0.756 e. The van der Waals surface area contributed by atoms with E-state index in [2.05, 4.69) is 39.4 Å². The number of aliphatic hydroxyl groups excluding tert-OH is 1. The predicted molar refractivity (Wildman–Crippen MR) is 257 cm³/mol. The van der Waals surface area contributed by atoms with Crippen LogP contribution in [-0.2, 0) is 78.2 Å². The second-order valence-corrected chi connectivity index (χ2v) is 20.5. The number of nitrogens with one attached hydrogen (secondary N) is 3. The smallest absolute Gasteiger partial charge is 0.330 e. The lowest BCUT2D eigenvalue weighted by atomic mass is 10.1. The van der Waals surface area contributed by atoms with Crippen molar-refractivity contribution >= 4 is 27.5 Å². The Hall–Kier alpha value is -4.02. The van der Waals surface area contributed by atoms with Crippen LogP contribution in [0.2, 0.25) is 0 Å². The van der Waals surface area contributed by atoms with Crippen LogP contribution in [0.3, 0.4) is 0 Å².